The van der Waals surface area contributed by atoms with E-state index in [2.05, 4.69) is 32.7 Å². The normalized spacial score (nSPS) is 11.0. The summed E-state index contributed by atoms with van der Waals surface area (Å²) in [7, 11) is 0. The van der Waals surface area contributed by atoms with Crippen LogP contribution in [-0.4, -0.2) is 38.9 Å². The third-order valence-electron chi connectivity index (χ3n) is 3.36. The fourth-order valence-electron chi connectivity index (χ4n) is 2.15. The van der Waals surface area contributed by atoms with Crippen molar-refractivity contribution in [2.24, 2.45) is 4.99 Å². The first-order chi connectivity index (χ1) is 11.2. The van der Waals surface area contributed by atoms with Gasteiger partial charge in [0.2, 0.25) is 0 Å². The molecule has 2 rings (SSSR count). The molecule has 0 amide bonds. The van der Waals surface area contributed by atoms with E-state index in [0.29, 0.717) is 6.54 Å². The van der Waals surface area contributed by atoms with Gasteiger partial charge in [0.1, 0.15) is 17.9 Å². The molecule has 24 heavy (non-hydrogen) atoms. The number of aromatic hydroxyl groups is 1. The zero-order chi connectivity index (χ0) is 16.5. The van der Waals surface area contributed by atoms with E-state index in [1.54, 1.807) is 18.5 Å². The minimum Gasteiger partial charge on any atom is -0.508 e. The lowest BCUT2D eigenvalue weighted by atomic mass is 10.2. The van der Waals surface area contributed by atoms with Crippen LogP contribution in [0.4, 0.5) is 0 Å². The smallest absolute Gasteiger partial charge is 0.191 e. The molecule has 0 saturated heterocycles. The van der Waals surface area contributed by atoms with Crippen LogP contribution in [0.1, 0.15) is 25.2 Å². The number of benzene rings is 1. The summed E-state index contributed by atoms with van der Waals surface area (Å²) in [6.45, 7) is 6.99. The number of aliphatic imine (C=N–C) groups is 1. The first-order valence-corrected chi connectivity index (χ1v) is 7.89. The highest BCUT2D eigenvalue weighted by Gasteiger charge is 2.02. The highest BCUT2D eigenvalue weighted by Crippen LogP contribution is 2.10. The van der Waals surface area contributed by atoms with Crippen LogP contribution in [0.5, 0.6) is 5.75 Å². The highest BCUT2D eigenvalue weighted by molar-refractivity contribution is 14.0. The maximum atomic E-state index is 9.29. The third kappa shape index (κ3) is 6.34. The van der Waals surface area contributed by atoms with E-state index < -0.39 is 0 Å². The SMILES string of the molecule is CCNC(=NCc1ccc(O)cc1)NCCn1cnnc1CC.I. The Kier molecular flexibility index (Phi) is 9.13. The molecule has 0 bridgehead atoms. The van der Waals surface area contributed by atoms with Gasteiger partial charge in [0.25, 0.3) is 0 Å². The molecule has 0 saturated carbocycles. The van der Waals surface area contributed by atoms with Crippen molar-refractivity contribution in [1.82, 2.24) is 25.4 Å². The standard InChI is InChI=1S/C16H24N6O.HI/c1-3-15-21-20-12-22(15)10-9-18-16(17-4-2)19-11-13-5-7-14(23)8-6-13;/h5-8,12,23H,3-4,9-11H2,1-2H3,(H2,17,18,19);1H. The van der Waals surface area contributed by atoms with Gasteiger partial charge in [-0.1, -0.05) is 19.1 Å². The molecule has 0 aliphatic rings. The molecule has 1 aromatic heterocycles. The second kappa shape index (κ2) is 10.8. The maximum absolute atomic E-state index is 9.29. The van der Waals surface area contributed by atoms with Crippen LogP contribution in [0.3, 0.4) is 0 Å². The quantitative estimate of drug-likeness (QED) is 0.345. The Bertz CT molecular complexity index is 626. The van der Waals surface area contributed by atoms with Crippen LogP contribution in [0.2, 0.25) is 0 Å². The predicted octanol–water partition coefficient (Wildman–Crippen LogP) is 1.92. The molecule has 3 N–H and O–H groups in total. The van der Waals surface area contributed by atoms with Gasteiger partial charge in [-0.2, -0.15) is 0 Å². The van der Waals surface area contributed by atoms with Gasteiger partial charge >= 0.3 is 0 Å². The van der Waals surface area contributed by atoms with Gasteiger partial charge in [0.05, 0.1) is 6.54 Å². The number of phenols is 1. The molecule has 2 aromatic rings. The van der Waals surface area contributed by atoms with Crippen molar-refractivity contribution in [2.45, 2.75) is 33.4 Å². The second-order valence-corrected chi connectivity index (χ2v) is 5.08. The molecule has 0 aliphatic carbocycles. The molecule has 0 spiro atoms. The van der Waals surface area contributed by atoms with Crippen molar-refractivity contribution >= 4 is 29.9 Å². The van der Waals surface area contributed by atoms with Crippen LogP contribution in [0.15, 0.2) is 35.6 Å². The molecular weight excluding hydrogens is 419 g/mol. The summed E-state index contributed by atoms with van der Waals surface area (Å²) >= 11 is 0. The van der Waals surface area contributed by atoms with Crippen molar-refractivity contribution < 1.29 is 5.11 Å². The summed E-state index contributed by atoms with van der Waals surface area (Å²) in [6, 6.07) is 7.08. The second-order valence-electron chi connectivity index (χ2n) is 5.08. The Hall–Kier alpha value is -1.84. The minimum absolute atomic E-state index is 0. The van der Waals surface area contributed by atoms with E-state index in [0.717, 1.165) is 43.4 Å². The number of aryl methyl sites for hydroxylation is 1. The summed E-state index contributed by atoms with van der Waals surface area (Å²) in [6.07, 6.45) is 2.62. The van der Waals surface area contributed by atoms with Gasteiger partial charge in [-0.3, -0.25) is 0 Å². The molecule has 132 valence electrons. The monoisotopic (exact) mass is 444 g/mol. The Morgan fingerprint density at radius 1 is 1.21 bits per heavy atom. The fraction of sp³-hybridized carbons (Fsp3) is 0.438. The van der Waals surface area contributed by atoms with Gasteiger partial charge in [-0.05, 0) is 24.6 Å². The number of hydrogen-bond donors (Lipinski definition) is 3. The lowest BCUT2D eigenvalue weighted by molar-refractivity contribution is 0.475. The molecular formula is C16H25IN6O. The lowest BCUT2D eigenvalue weighted by Crippen LogP contribution is -2.38. The van der Waals surface area contributed by atoms with Crippen LogP contribution >= 0.6 is 24.0 Å². The van der Waals surface area contributed by atoms with E-state index in [4.69, 9.17) is 0 Å². The molecule has 0 fully saturated rings. The van der Waals surface area contributed by atoms with Crippen LogP contribution in [0, 0.1) is 0 Å². The van der Waals surface area contributed by atoms with E-state index in [-0.39, 0.29) is 29.7 Å². The summed E-state index contributed by atoms with van der Waals surface area (Å²) in [5, 5.41) is 23.8. The molecule has 0 radical (unpaired) electrons. The number of phenolic OH excluding ortho intramolecular Hbond substituents is 1. The van der Waals surface area contributed by atoms with Crippen molar-refractivity contribution in [3.63, 3.8) is 0 Å². The average Bonchev–Trinajstić information content (AvgIpc) is 3.01. The number of guanidine groups is 1. The lowest BCUT2D eigenvalue weighted by Gasteiger charge is -2.12. The zero-order valence-electron chi connectivity index (χ0n) is 14.1. The van der Waals surface area contributed by atoms with Gasteiger partial charge in [-0.15, -0.1) is 34.2 Å². The number of aromatic nitrogens is 3. The first-order valence-electron chi connectivity index (χ1n) is 7.89. The van der Waals surface area contributed by atoms with E-state index >= 15 is 0 Å². The number of rotatable bonds is 7. The molecule has 0 aliphatic heterocycles. The summed E-state index contributed by atoms with van der Waals surface area (Å²) in [5.41, 5.74) is 1.05. The fourth-order valence-corrected chi connectivity index (χ4v) is 2.15. The van der Waals surface area contributed by atoms with Gasteiger partial charge in [-0.25, -0.2) is 4.99 Å². The van der Waals surface area contributed by atoms with E-state index in [1.807, 2.05) is 23.6 Å². The van der Waals surface area contributed by atoms with Crippen LogP contribution < -0.4 is 10.6 Å². The number of nitrogens with zero attached hydrogens (tertiary/aromatic N) is 4. The largest absolute Gasteiger partial charge is 0.508 e. The van der Waals surface area contributed by atoms with E-state index in [9.17, 15) is 5.11 Å². The predicted molar refractivity (Wildman–Crippen MR) is 106 cm³/mol. The number of nitrogens with one attached hydrogen (secondary N) is 2. The first kappa shape index (κ1) is 20.2. The average molecular weight is 444 g/mol. The highest BCUT2D eigenvalue weighted by atomic mass is 127. The molecule has 0 unspecified atom stereocenters. The van der Waals surface area contributed by atoms with Crippen molar-refractivity contribution in [1.29, 1.82) is 0 Å². The third-order valence-corrected chi connectivity index (χ3v) is 3.36. The summed E-state index contributed by atoms with van der Waals surface area (Å²) in [4.78, 5) is 4.55. The number of halogens is 1. The molecule has 0 atom stereocenters. The minimum atomic E-state index is 0. The van der Waals surface area contributed by atoms with Gasteiger partial charge in [0, 0.05) is 26.1 Å². The summed E-state index contributed by atoms with van der Waals surface area (Å²) < 4.78 is 2.04. The van der Waals surface area contributed by atoms with Crippen molar-refractivity contribution in [3.05, 3.63) is 42.0 Å². The van der Waals surface area contributed by atoms with Gasteiger partial charge < -0.3 is 20.3 Å². The molecule has 1 aromatic carbocycles. The Morgan fingerprint density at radius 2 is 1.96 bits per heavy atom. The summed E-state index contributed by atoms with van der Waals surface area (Å²) in [5.74, 6) is 2.02. The Morgan fingerprint density at radius 3 is 2.62 bits per heavy atom. The maximum Gasteiger partial charge on any atom is 0.191 e. The Labute approximate surface area is 159 Å². The van der Waals surface area contributed by atoms with Crippen molar-refractivity contribution in [3.8, 4) is 5.75 Å². The molecule has 1 heterocycles. The van der Waals surface area contributed by atoms with Crippen LogP contribution in [-0.2, 0) is 19.5 Å². The van der Waals surface area contributed by atoms with Crippen molar-refractivity contribution in [2.75, 3.05) is 13.1 Å². The molecule has 7 nitrogen and oxygen atoms in total. The van der Waals surface area contributed by atoms with Crippen LogP contribution in [0.25, 0.3) is 0 Å². The van der Waals surface area contributed by atoms with Gasteiger partial charge in [0.15, 0.2) is 5.96 Å². The Balaban J connectivity index is 0.00000288. The van der Waals surface area contributed by atoms with E-state index in [1.165, 1.54) is 0 Å². The topological polar surface area (TPSA) is 87.4 Å². The zero-order valence-corrected chi connectivity index (χ0v) is 16.4. The number of hydrogen-bond acceptors (Lipinski definition) is 4. The molecule has 8 heteroatoms.